The maximum absolute atomic E-state index is 12.2. The van der Waals surface area contributed by atoms with E-state index in [1.54, 1.807) is 12.1 Å². The summed E-state index contributed by atoms with van der Waals surface area (Å²) < 4.78 is 29.4. The molecule has 0 aliphatic heterocycles. The highest BCUT2D eigenvalue weighted by Gasteiger charge is 2.18. The molecular formula is C16H17NO5S. The lowest BCUT2D eigenvalue weighted by atomic mass is 9.99. The average molecular weight is 335 g/mol. The van der Waals surface area contributed by atoms with Gasteiger partial charge in [0.2, 0.25) is 0 Å². The lowest BCUT2D eigenvalue weighted by Crippen LogP contribution is -2.09. The molecule has 0 bridgehead atoms. The van der Waals surface area contributed by atoms with Crippen LogP contribution >= 0.6 is 0 Å². The van der Waals surface area contributed by atoms with E-state index in [1.807, 2.05) is 12.1 Å². The van der Waals surface area contributed by atoms with E-state index in [1.165, 1.54) is 0 Å². The van der Waals surface area contributed by atoms with Crippen LogP contribution in [0.3, 0.4) is 0 Å². The van der Waals surface area contributed by atoms with E-state index in [0.717, 1.165) is 36.2 Å². The highest BCUT2D eigenvalue weighted by Crippen LogP contribution is 2.24. The van der Waals surface area contributed by atoms with Gasteiger partial charge in [-0.1, -0.05) is 26.0 Å². The maximum atomic E-state index is 12.2. The number of nitro benzene ring substituents is 1. The Morgan fingerprint density at radius 3 is 2.13 bits per heavy atom. The Hall–Kier alpha value is -2.41. The van der Waals surface area contributed by atoms with Crippen LogP contribution in [0, 0.1) is 10.1 Å². The van der Waals surface area contributed by atoms with Crippen LogP contribution in [0.25, 0.3) is 0 Å². The first-order valence-electron chi connectivity index (χ1n) is 7.12. The minimum Gasteiger partial charge on any atom is -0.379 e. The molecule has 0 heterocycles. The predicted molar refractivity (Wildman–Crippen MR) is 86.1 cm³/mol. The topological polar surface area (TPSA) is 86.5 Å². The molecule has 2 aromatic rings. The number of non-ortho nitro benzene ring substituents is 1. The van der Waals surface area contributed by atoms with Crippen molar-refractivity contribution in [2.24, 2.45) is 0 Å². The molecule has 23 heavy (non-hydrogen) atoms. The van der Waals surface area contributed by atoms with E-state index >= 15 is 0 Å². The lowest BCUT2D eigenvalue weighted by molar-refractivity contribution is -0.384. The summed E-state index contributed by atoms with van der Waals surface area (Å²) >= 11 is 0. The molecule has 2 aromatic carbocycles. The molecule has 0 saturated carbocycles. The molecule has 0 aromatic heterocycles. The minimum atomic E-state index is -4.02. The molecule has 0 fully saturated rings. The van der Waals surface area contributed by atoms with Gasteiger partial charge in [-0.2, -0.15) is 8.42 Å². The highest BCUT2D eigenvalue weighted by atomic mass is 32.2. The van der Waals surface area contributed by atoms with Crippen LogP contribution in [0.4, 0.5) is 5.69 Å². The van der Waals surface area contributed by atoms with Gasteiger partial charge in [0, 0.05) is 12.1 Å². The molecule has 6 nitrogen and oxygen atoms in total. The van der Waals surface area contributed by atoms with Crippen molar-refractivity contribution in [2.45, 2.75) is 31.1 Å². The number of hydrogen-bond acceptors (Lipinski definition) is 5. The summed E-state index contributed by atoms with van der Waals surface area (Å²) in [5, 5.41) is 10.6. The first-order chi connectivity index (χ1) is 10.8. The first-order valence-corrected chi connectivity index (χ1v) is 8.53. The minimum absolute atomic E-state index is 0.130. The third kappa shape index (κ3) is 4.07. The number of nitrogens with zero attached hydrogens (tertiary/aromatic N) is 1. The molecule has 0 aliphatic rings. The third-order valence-corrected chi connectivity index (χ3v) is 4.87. The van der Waals surface area contributed by atoms with Gasteiger partial charge in [0.15, 0.2) is 0 Å². The standard InChI is InChI=1S/C16H17NO5S/c1-3-12(2)13-4-8-15(9-5-13)22-23(20,21)16-10-6-14(7-11-16)17(18)19/h4-12H,3H2,1-2H3. The molecule has 2 rings (SSSR count). The van der Waals surface area contributed by atoms with E-state index in [9.17, 15) is 18.5 Å². The first kappa shape index (κ1) is 17.0. The van der Waals surface area contributed by atoms with Crippen LogP contribution < -0.4 is 4.18 Å². The van der Waals surface area contributed by atoms with Gasteiger partial charge >= 0.3 is 10.1 Å². The molecular weight excluding hydrogens is 318 g/mol. The zero-order valence-electron chi connectivity index (χ0n) is 12.8. The third-order valence-electron chi connectivity index (χ3n) is 3.60. The van der Waals surface area contributed by atoms with Crippen molar-refractivity contribution >= 4 is 15.8 Å². The van der Waals surface area contributed by atoms with Crippen molar-refractivity contribution < 1.29 is 17.5 Å². The summed E-state index contributed by atoms with van der Waals surface area (Å²) in [5.41, 5.74) is 0.925. The summed E-state index contributed by atoms with van der Waals surface area (Å²) in [6.45, 7) is 4.16. The SMILES string of the molecule is CCC(C)c1ccc(OS(=O)(=O)c2ccc([N+](=O)[O-])cc2)cc1. The summed E-state index contributed by atoms with van der Waals surface area (Å²) in [5.74, 6) is 0.589. The van der Waals surface area contributed by atoms with Crippen molar-refractivity contribution in [3.05, 3.63) is 64.2 Å². The highest BCUT2D eigenvalue weighted by molar-refractivity contribution is 7.87. The van der Waals surface area contributed by atoms with E-state index in [0.29, 0.717) is 5.92 Å². The zero-order chi connectivity index (χ0) is 17.0. The molecule has 0 spiro atoms. The van der Waals surface area contributed by atoms with E-state index in [4.69, 9.17) is 4.18 Å². The largest absolute Gasteiger partial charge is 0.379 e. The molecule has 0 N–H and O–H groups in total. The second kappa shape index (κ2) is 6.78. The van der Waals surface area contributed by atoms with Crippen molar-refractivity contribution in [1.29, 1.82) is 0 Å². The van der Waals surface area contributed by atoms with Gasteiger partial charge in [0.1, 0.15) is 10.6 Å². The van der Waals surface area contributed by atoms with Crippen LogP contribution in [-0.4, -0.2) is 13.3 Å². The molecule has 0 radical (unpaired) electrons. The Morgan fingerprint density at radius 1 is 1.09 bits per heavy atom. The lowest BCUT2D eigenvalue weighted by Gasteiger charge is -2.10. The normalized spacial score (nSPS) is 12.6. The van der Waals surface area contributed by atoms with Gasteiger partial charge in [-0.05, 0) is 42.2 Å². The number of nitro groups is 1. The predicted octanol–water partition coefficient (Wildman–Crippen LogP) is 3.88. The molecule has 0 aliphatic carbocycles. The summed E-state index contributed by atoms with van der Waals surface area (Å²) in [7, 11) is -4.02. The monoisotopic (exact) mass is 335 g/mol. The Balaban J connectivity index is 2.19. The van der Waals surface area contributed by atoms with Crippen LogP contribution in [0.1, 0.15) is 31.7 Å². The van der Waals surface area contributed by atoms with Gasteiger partial charge in [0.25, 0.3) is 5.69 Å². The smallest absolute Gasteiger partial charge is 0.339 e. The van der Waals surface area contributed by atoms with Crippen molar-refractivity contribution in [3.63, 3.8) is 0 Å². The number of hydrogen-bond donors (Lipinski definition) is 0. The average Bonchev–Trinajstić information content (AvgIpc) is 2.54. The van der Waals surface area contributed by atoms with Crippen LogP contribution in [-0.2, 0) is 10.1 Å². The quantitative estimate of drug-likeness (QED) is 0.454. The summed E-state index contributed by atoms with van der Waals surface area (Å²) in [4.78, 5) is 9.87. The zero-order valence-corrected chi connectivity index (χ0v) is 13.6. The Kier molecular flexibility index (Phi) is 5.00. The second-order valence-corrected chi connectivity index (χ2v) is 6.71. The van der Waals surface area contributed by atoms with Crippen LogP contribution in [0.5, 0.6) is 5.75 Å². The van der Waals surface area contributed by atoms with Crippen molar-refractivity contribution in [2.75, 3.05) is 0 Å². The fraction of sp³-hybridized carbons (Fsp3) is 0.250. The Labute approximate surface area is 135 Å². The fourth-order valence-corrected chi connectivity index (χ4v) is 2.93. The van der Waals surface area contributed by atoms with Crippen molar-refractivity contribution in [1.82, 2.24) is 0 Å². The Morgan fingerprint density at radius 2 is 1.65 bits per heavy atom. The second-order valence-electron chi connectivity index (χ2n) is 5.17. The molecule has 7 heteroatoms. The van der Waals surface area contributed by atoms with Crippen LogP contribution in [0.2, 0.25) is 0 Å². The number of rotatable bonds is 6. The van der Waals surface area contributed by atoms with Gasteiger partial charge in [-0.15, -0.1) is 0 Å². The molecule has 1 unspecified atom stereocenters. The van der Waals surface area contributed by atoms with Gasteiger partial charge in [-0.3, -0.25) is 10.1 Å². The molecule has 0 amide bonds. The summed E-state index contributed by atoms with van der Waals surface area (Å²) in [6.07, 6.45) is 0.987. The maximum Gasteiger partial charge on any atom is 0.339 e. The molecule has 1 atom stereocenters. The van der Waals surface area contributed by atoms with Gasteiger partial charge in [-0.25, -0.2) is 0 Å². The number of benzene rings is 2. The van der Waals surface area contributed by atoms with Crippen LogP contribution in [0.15, 0.2) is 53.4 Å². The molecule has 122 valence electrons. The summed E-state index contributed by atoms with van der Waals surface area (Å²) in [6, 6.07) is 11.4. The molecule has 0 saturated heterocycles. The fourth-order valence-electron chi connectivity index (χ4n) is 2.00. The van der Waals surface area contributed by atoms with Gasteiger partial charge < -0.3 is 4.18 Å². The van der Waals surface area contributed by atoms with E-state index < -0.39 is 15.0 Å². The Bertz CT molecular complexity index is 782. The van der Waals surface area contributed by atoms with Gasteiger partial charge in [0.05, 0.1) is 4.92 Å². The van der Waals surface area contributed by atoms with Crippen molar-refractivity contribution in [3.8, 4) is 5.75 Å². The van der Waals surface area contributed by atoms with E-state index in [2.05, 4.69) is 13.8 Å². The van der Waals surface area contributed by atoms with E-state index in [-0.39, 0.29) is 16.3 Å².